The average molecular weight is 318 g/mol. The van der Waals surface area contributed by atoms with E-state index in [1.807, 2.05) is 12.1 Å². The van der Waals surface area contributed by atoms with Crippen molar-refractivity contribution in [3.8, 4) is 23.0 Å². The molecule has 0 bridgehead atoms. The first kappa shape index (κ1) is 13.7. The molecular formula is C17H16ClNO3. The lowest BCUT2D eigenvalue weighted by molar-refractivity contribution is 0.386. The molecule has 0 amide bonds. The van der Waals surface area contributed by atoms with E-state index in [0.717, 1.165) is 30.0 Å². The van der Waals surface area contributed by atoms with E-state index < -0.39 is 0 Å². The molecule has 2 aliphatic rings. The van der Waals surface area contributed by atoms with Crippen molar-refractivity contribution in [2.75, 3.05) is 20.1 Å². The summed E-state index contributed by atoms with van der Waals surface area (Å²) in [6, 6.07) is 8.58. The standard InChI is InChI=1S/C17H16ClNO3/c1-19-7-13-11-4-9(18)2-3-16(11)22-17-12(14(13)8-19)5-10(20)6-15(17)21/h2-6,13-14,20-21H,7-8H2,1H3. The third kappa shape index (κ3) is 2.02. The molecule has 1 saturated heterocycles. The smallest absolute Gasteiger partial charge is 0.172 e. The Kier molecular flexibility index (Phi) is 2.99. The Balaban J connectivity index is 1.97. The first-order chi connectivity index (χ1) is 10.5. The Morgan fingerprint density at radius 1 is 1.09 bits per heavy atom. The number of rotatable bonds is 0. The van der Waals surface area contributed by atoms with Gasteiger partial charge in [-0.05, 0) is 31.3 Å². The van der Waals surface area contributed by atoms with Gasteiger partial charge >= 0.3 is 0 Å². The first-order valence-electron chi connectivity index (χ1n) is 7.24. The average Bonchev–Trinajstić information content (AvgIpc) is 2.79. The highest BCUT2D eigenvalue weighted by Crippen LogP contribution is 2.53. The van der Waals surface area contributed by atoms with Gasteiger partial charge in [0.05, 0.1) is 0 Å². The number of halogens is 1. The summed E-state index contributed by atoms with van der Waals surface area (Å²) in [6.07, 6.45) is 0. The molecule has 5 heteroatoms. The lowest BCUT2D eigenvalue weighted by Gasteiger charge is -2.17. The molecule has 0 radical (unpaired) electrons. The molecule has 1 fully saturated rings. The molecule has 0 saturated carbocycles. The molecule has 2 heterocycles. The second kappa shape index (κ2) is 4.80. The molecule has 114 valence electrons. The maximum Gasteiger partial charge on any atom is 0.172 e. The van der Waals surface area contributed by atoms with Crippen LogP contribution in [0.15, 0.2) is 30.3 Å². The molecule has 0 aliphatic carbocycles. The van der Waals surface area contributed by atoms with Crippen molar-refractivity contribution in [3.05, 3.63) is 46.5 Å². The summed E-state index contributed by atoms with van der Waals surface area (Å²) >= 11 is 6.17. The predicted octanol–water partition coefficient (Wildman–Crippen LogP) is 3.67. The number of likely N-dealkylation sites (tertiary alicyclic amines) is 1. The Hall–Kier alpha value is -1.91. The van der Waals surface area contributed by atoms with E-state index >= 15 is 0 Å². The zero-order valence-electron chi connectivity index (χ0n) is 12.1. The zero-order valence-corrected chi connectivity index (χ0v) is 12.8. The Labute approximate surface area is 133 Å². The van der Waals surface area contributed by atoms with E-state index in [4.69, 9.17) is 16.3 Å². The highest BCUT2D eigenvalue weighted by atomic mass is 35.5. The van der Waals surface area contributed by atoms with Crippen LogP contribution in [0.5, 0.6) is 23.0 Å². The van der Waals surface area contributed by atoms with Gasteiger partial charge in [0.2, 0.25) is 0 Å². The number of fused-ring (bicyclic) bond motifs is 5. The van der Waals surface area contributed by atoms with Gasteiger partial charge in [0.25, 0.3) is 0 Å². The first-order valence-corrected chi connectivity index (χ1v) is 7.62. The lowest BCUT2D eigenvalue weighted by Crippen LogP contribution is -2.14. The molecule has 0 spiro atoms. The zero-order chi connectivity index (χ0) is 15.4. The fourth-order valence-corrected chi connectivity index (χ4v) is 3.83. The highest BCUT2D eigenvalue weighted by Gasteiger charge is 2.39. The third-order valence-corrected chi connectivity index (χ3v) is 4.80. The summed E-state index contributed by atoms with van der Waals surface area (Å²) < 4.78 is 5.98. The summed E-state index contributed by atoms with van der Waals surface area (Å²) in [5.74, 6) is 1.54. The van der Waals surface area contributed by atoms with Gasteiger partial charge < -0.3 is 19.8 Å². The second-order valence-corrected chi connectivity index (χ2v) is 6.54. The Bertz CT molecular complexity index is 762. The fourth-order valence-electron chi connectivity index (χ4n) is 3.65. The number of phenols is 2. The van der Waals surface area contributed by atoms with Crippen LogP contribution in [0.1, 0.15) is 23.0 Å². The lowest BCUT2D eigenvalue weighted by atomic mass is 9.84. The van der Waals surface area contributed by atoms with E-state index in [1.54, 1.807) is 12.1 Å². The minimum absolute atomic E-state index is 0.0360. The van der Waals surface area contributed by atoms with Gasteiger partial charge in [-0.15, -0.1) is 0 Å². The highest BCUT2D eigenvalue weighted by molar-refractivity contribution is 6.30. The number of benzene rings is 2. The molecular weight excluding hydrogens is 302 g/mol. The second-order valence-electron chi connectivity index (χ2n) is 6.10. The van der Waals surface area contributed by atoms with Crippen LogP contribution in [0.3, 0.4) is 0 Å². The minimum Gasteiger partial charge on any atom is -0.508 e. The van der Waals surface area contributed by atoms with Crippen molar-refractivity contribution in [1.82, 2.24) is 4.90 Å². The van der Waals surface area contributed by atoms with Gasteiger partial charge in [0.15, 0.2) is 11.5 Å². The summed E-state index contributed by atoms with van der Waals surface area (Å²) in [4.78, 5) is 2.25. The van der Waals surface area contributed by atoms with Crippen molar-refractivity contribution in [3.63, 3.8) is 0 Å². The van der Waals surface area contributed by atoms with Crippen LogP contribution >= 0.6 is 11.6 Å². The maximum atomic E-state index is 10.2. The molecule has 2 N–H and O–H groups in total. The van der Waals surface area contributed by atoms with E-state index in [1.165, 1.54) is 6.07 Å². The molecule has 2 unspecified atom stereocenters. The molecule has 0 aromatic heterocycles. The normalized spacial score (nSPS) is 23.2. The van der Waals surface area contributed by atoms with Gasteiger partial charge in [0.1, 0.15) is 11.5 Å². The van der Waals surface area contributed by atoms with Crippen LogP contribution < -0.4 is 4.74 Å². The summed E-state index contributed by atoms with van der Waals surface area (Å²) in [6.45, 7) is 1.73. The van der Waals surface area contributed by atoms with Crippen LogP contribution in [0.2, 0.25) is 5.02 Å². The van der Waals surface area contributed by atoms with Crippen LogP contribution in [-0.2, 0) is 0 Å². The number of phenolic OH excluding ortho intramolecular Hbond substituents is 2. The van der Waals surface area contributed by atoms with Crippen molar-refractivity contribution in [2.24, 2.45) is 0 Å². The molecule has 4 rings (SSSR count). The minimum atomic E-state index is -0.0360. The van der Waals surface area contributed by atoms with Crippen molar-refractivity contribution < 1.29 is 14.9 Å². The molecule has 22 heavy (non-hydrogen) atoms. The number of hydrogen-bond donors (Lipinski definition) is 2. The summed E-state index contributed by atoms with van der Waals surface area (Å²) in [5.41, 5.74) is 1.90. The van der Waals surface area contributed by atoms with Gasteiger partial charge in [-0.1, -0.05) is 11.6 Å². The molecule has 2 aromatic carbocycles. The fraction of sp³-hybridized carbons (Fsp3) is 0.294. The summed E-state index contributed by atoms with van der Waals surface area (Å²) in [7, 11) is 2.07. The van der Waals surface area contributed by atoms with Crippen molar-refractivity contribution >= 4 is 11.6 Å². The topological polar surface area (TPSA) is 52.9 Å². The molecule has 2 atom stereocenters. The van der Waals surface area contributed by atoms with E-state index in [-0.39, 0.29) is 23.3 Å². The molecule has 2 aliphatic heterocycles. The number of aromatic hydroxyl groups is 2. The van der Waals surface area contributed by atoms with Crippen molar-refractivity contribution in [2.45, 2.75) is 11.8 Å². The summed E-state index contributed by atoms with van der Waals surface area (Å²) in [5, 5.41) is 20.7. The van der Waals surface area contributed by atoms with Gasteiger partial charge in [-0.2, -0.15) is 0 Å². The maximum absolute atomic E-state index is 10.2. The SMILES string of the molecule is CN1CC2c3cc(Cl)ccc3Oc3c(O)cc(O)cc3C2C1. The van der Waals surface area contributed by atoms with Gasteiger partial charge in [-0.3, -0.25) is 0 Å². The van der Waals surface area contributed by atoms with Gasteiger partial charge in [0, 0.05) is 47.1 Å². The predicted molar refractivity (Wildman–Crippen MR) is 84.3 cm³/mol. The number of nitrogens with zero attached hydrogens (tertiary/aromatic N) is 1. The quantitative estimate of drug-likeness (QED) is 0.778. The van der Waals surface area contributed by atoms with Gasteiger partial charge in [-0.25, -0.2) is 0 Å². The van der Waals surface area contributed by atoms with Crippen LogP contribution in [0.4, 0.5) is 0 Å². The molecule has 2 aromatic rings. The van der Waals surface area contributed by atoms with E-state index in [2.05, 4.69) is 11.9 Å². The molecule has 4 nitrogen and oxygen atoms in total. The number of likely N-dealkylation sites (N-methyl/N-ethyl adjacent to an activating group) is 1. The van der Waals surface area contributed by atoms with Crippen LogP contribution in [0.25, 0.3) is 0 Å². The van der Waals surface area contributed by atoms with Crippen molar-refractivity contribution in [1.29, 1.82) is 0 Å². The van der Waals surface area contributed by atoms with Crippen LogP contribution in [-0.4, -0.2) is 35.3 Å². The monoisotopic (exact) mass is 317 g/mol. The number of ether oxygens (including phenoxy) is 1. The Morgan fingerprint density at radius 3 is 2.59 bits per heavy atom. The van der Waals surface area contributed by atoms with E-state index in [0.29, 0.717) is 10.8 Å². The third-order valence-electron chi connectivity index (χ3n) is 4.57. The number of hydrogen-bond acceptors (Lipinski definition) is 4. The van der Waals surface area contributed by atoms with Crippen LogP contribution in [0, 0.1) is 0 Å². The Morgan fingerprint density at radius 2 is 1.82 bits per heavy atom. The largest absolute Gasteiger partial charge is 0.508 e. The van der Waals surface area contributed by atoms with E-state index in [9.17, 15) is 10.2 Å².